The highest BCUT2D eigenvalue weighted by atomic mass is 16.5. The normalized spacial score (nSPS) is 11.8. The van der Waals surface area contributed by atoms with E-state index in [0.717, 1.165) is 32.1 Å². The summed E-state index contributed by atoms with van der Waals surface area (Å²) in [6.45, 7) is 5.37. The monoisotopic (exact) mass is 502 g/mol. The maximum absolute atomic E-state index is 12.8. The van der Waals surface area contributed by atoms with Crippen LogP contribution in [0.5, 0.6) is 0 Å². The predicted octanol–water partition coefficient (Wildman–Crippen LogP) is 8.99. The van der Waals surface area contributed by atoms with Crippen LogP contribution >= 0.6 is 0 Å². The summed E-state index contributed by atoms with van der Waals surface area (Å²) in [4.78, 5) is 25.3. The molecule has 1 aromatic carbocycles. The maximum atomic E-state index is 12.8. The van der Waals surface area contributed by atoms with Gasteiger partial charge in [0, 0.05) is 0 Å². The van der Waals surface area contributed by atoms with Crippen LogP contribution in [-0.4, -0.2) is 25.2 Å². The van der Waals surface area contributed by atoms with Gasteiger partial charge in [-0.25, -0.2) is 0 Å². The molecule has 0 bridgehead atoms. The fraction of sp³-hybridized carbons (Fsp3) is 0.750. The molecule has 1 aromatic rings. The molecule has 1 unspecified atom stereocenters. The van der Waals surface area contributed by atoms with Gasteiger partial charge in [0.2, 0.25) is 0 Å². The van der Waals surface area contributed by atoms with E-state index in [2.05, 4.69) is 26.0 Å². The van der Waals surface area contributed by atoms with E-state index in [1.54, 1.807) is 0 Å². The molecule has 0 N–H and O–H groups in total. The van der Waals surface area contributed by atoms with Gasteiger partial charge in [-0.1, -0.05) is 134 Å². The topological polar surface area (TPSA) is 52.6 Å². The highest BCUT2D eigenvalue weighted by molar-refractivity contribution is 5.80. The van der Waals surface area contributed by atoms with Gasteiger partial charge in [-0.15, -0.1) is 0 Å². The second-order valence-corrected chi connectivity index (χ2v) is 10.3. The Hall–Kier alpha value is -1.84. The average Bonchev–Trinajstić information content (AvgIpc) is 2.89. The molecular formula is C32H54O4. The summed E-state index contributed by atoms with van der Waals surface area (Å²) in [7, 11) is 0. The average molecular weight is 503 g/mol. The van der Waals surface area contributed by atoms with Crippen LogP contribution in [0, 0.1) is 5.92 Å². The van der Waals surface area contributed by atoms with Crippen molar-refractivity contribution in [2.75, 3.05) is 13.2 Å². The Morgan fingerprint density at radius 1 is 0.639 bits per heavy atom. The standard InChI is InChI=1S/C32H54O4/c1-3-5-7-9-11-13-15-20-26-35-31(33)28-30(25-24-29-22-18-17-19-23-29)32(34)36-27-21-16-14-12-10-8-6-4-2/h17-19,22-23,30H,3-16,20-21,24-28H2,1-2H3. The van der Waals surface area contributed by atoms with E-state index in [1.807, 2.05) is 18.2 Å². The largest absolute Gasteiger partial charge is 0.466 e. The number of rotatable bonds is 24. The molecule has 0 aromatic heterocycles. The number of hydrogen-bond donors (Lipinski definition) is 0. The lowest BCUT2D eigenvalue weighted by molar-refractivity contribution is -0.155. The van der Waals surface area contributed by atoms with Crippen LogP contribution < -0.4 is 0 Å². The fourth-order valence-corrected chi connectivity index (χ4v) is 4.50. The van der Waals surface area contributed by atoms with Crippen LogP contribution in [0.2, 0.25) is 0 Å². The van der Waals surface area contributed by atoms with Crippen molar-refractivity contribution in [2.24, 2.45) is 5.92 Å². The van der Waals surface area contributed by atoms with Crippen LogP contribution in [0.15, 0.2) is 30.3 Å². The summed E-state index contributed by atoms with van der Waals surface area (Å²) in [5, 5.41) is 0. The minimum Gasteiger partial charge on any atom is -0.466 e. The van der Waals surface area contributed by atoms with Crippen LogP contribution in [0.3, 0.4) is 0 Å². The summed E-state index contributed by atoms with van der Waals surface area (Å²) in [5.41, 5.74) is 1.17. The van der Waals surface area contributed by atoms with Gasteiger partial charge in [0.1, 0.15) is 0 Å². The summed E-state index contributed by atoms with van der Waals surface area (Å²) in [6.07, 6.45) is 20.8. The molecule has 0 aliphatic heterocycles. The number of unbranched alkanes of at least 4 members (excludes halogenated alkanes) is 14. The lowest BCUT2D eigenvalue weighted by Crippen LogP contribution is -2.23. The molecule has 0 saturated heterocycles. The molecule has 206 valence electrons. The molecule has 1 rings (SSSR count). The lowest BCUT2D eigenvalue weighted by Gasteiger charge is -2.16. The Morgan fingerprint density at radius 2 is 1.11 bits per heavy atom. The molecule has 0 amide bonds. The molecule has 1 atom stereocenters. The van der Waals surface area contributed by atoms with Crippen molar-refractivity contribution in [1.29, 1.82) is 0 Å². The number of hydrogen-bond acceptors (Lipinski definition) is 4. The lowest BCUT2D eigenvalue weighted by atomic mass is 9.96. The van der Waals surface area contributed by atoms with Crippen molar-refractivity contribution >= 4 is 11.9 Å². The van der Waals surface area contributed by atoms with Crippen molar-refractivity contribution in [3.8, 4) is 0 Å². The third-order valence-electron chi connectivity index (χ3n) is 6.87. The summed E-state index contributed by atoms with van der Waals surface area (Å²) >= 11 is 0. The van der Waals surface area contributed by atoms with Crippen molar-refractivity contribution in [3.63, 3.8) is 0 Å². The van der Waals surface area contributed by atoms with Crippen molar-refractivity contribution in [1.82, 2.24) is 0 Å². The Kier molecular flexibility index (Phi) is 21.1. The zero-order chi connectivity index (χ0) is 26.1. The SMILES string of the molecule is CCCCCCCCCCOC(=O)CC(CCc1ccccc1)C(=O)OCCCCCCCCCC. The fourth-order valence-electron chi connectivity index (χ4n) is 4.50. The molecule has 0 spiro atoms. The predicted molar refractivity (Wildman–Crippen MR) is 150 cm³/mol. The van der Waals surface area contributed by atoms with E-state index in [1.165, 1.54) is 82.6 Å². The third kappa shape index (κ3) is 18.4. The summed E-state index contributed by atoms with van der Waals surface area (Å²) < 4.78 is 11.1. The highest BCUT2D eigenvalue weighted by Gasteiger charge is 2.24. The first-order valence-corrected chi connectivity index (χ1v) is 15.0. The Labute approximate surface area is 221 Å². The van der Waals surface area contributed by atoms with Crippen LogP contribution in [0.1, 0.15) is 135 Å². The summed E-state index contributed by atoms with van der Waals surface area (Å²) in [5.74, 6) is -0.969. The molecule has 4 nitrogen and oxygen atoms in total. The second kappa shape index (κ2) is 23.6. The number of esters is 2. The first-order valence-electron chi connectivity index (χ1n) is 15.0. The number of carbonyl (C=O) groups excluding carboxylic acids is 2. The van der Waals surface area contributed by atoms with Crippen molar-refractivity contribution in [2.45, 2.75) is 136 Å². The van der Waals surface area contributed by atoms with Crippen LogP contribution in [-0.2, 0) is 25.5 Å². The van der Waals surface area contributed by atoms with E-state index in [9.17, 15) is 9.59 Å². The second-order valence-electron chi connectivity index (χ2n) is 10.3. The van der Waals surface area contributed by atoms with Crippen molar-refractivity contribution in [3.05, 3.63) is 35.9 Å². The first-order chi connectivity index (χ1) is 17.7. The summed E-state index contributed by atoms with van der Waals surface area (Å²) in [6, 6.07) is 10.1. The van der Waals surface area contributed by atoms with Gasteiger partial charge in [-0.05, 0) is 31.2 Å². The number of aryl methyl sites for hydroxylation is 1. The third-order valence-corrected chi connectivity index (χ3v) is 6.87. The molecule has 0 aliphatic carbocycles. The molecular weight excluding hydrogens is 448 g/mol. The van der Waals surface area contributed by atoms with E-state index in [4.69, 9.17) is 9.47 Å². The Bertz CT molecular complexity index is 643. The van der Waals surface area contributed by atoms with Crippen LogP contribution in [0.4, 0.5) is 0 Å². The zero-order valence-electron chi connectivity index (χ0n) is 23.4. The molecule has 0 radical (unpaired) electrons. The Morgan fingerprint density at radius 3 is 1.64 bits per heavy atom. The molecule has 0 fully saturated rings. The van der Waals surface area contributed by atoms with Crippen LogP contribution in [0.25, 0.3) is 0 Å². The van der Waals surface area contributed by atoms with E-state index in [-0.39, 0.29) is 18.4 Å². The highest BCUT2D eigenvalue weighted by Crippen LogP contribution is 2.18. The van der Waals surface area contributed by atoms with Gasteiger partial charge in [0.05, 0.1) is 25.6 Å². The Balaban J connectivity index is 2.31. The van der Waals surface area contributed by atoms with Gasteiger partial charge in [0.25, 0.3) is 0 Å². The molecule has 0 heterocycles. The van der Waals surface area contributed by atoms with E-state index in [0.29, 0.717) is 19.6 Å². The number of benzene rings is 1. The number of ether oxygens (including phenoxy) is 2. The molecule has 0 saturated carbocycles. The molecule has 0 aliphatic rings. The minimum absolute atomic E-state index is 0.111. The minimum atomic E-state index is -0.440. The van der Waals surface area contributed by atoms with E-state index < -0.39 is 5.92 Å². The van der Waals surface area contributed by atoms with Gasteiger partial charge in [-0.2, -0.15) is 0 Å². The van der Waals surface area contributed by atoms with Crippen molar-refractivity contribution < 1.29 is 19.1 Å². The first kappa shape index (κ1) is 32.2. The van der Waals surface area contributed by atoms with Gasteiger partial charge >= 0.3 is 11.9 Å². The quantitative estimate of drug-likeness (QED) is 0.104. The van der Waals surface area contributed by atoms with Gasteiger partial charge in [-0.3, -0.25) is 9.59 Å². The maximum Gasteiger partial charge on any atom is 0.309 e. The van der Waals surface area contributed by atoms with Gasteiger partial charge in [0.15, 0.2) is 0 Å². The number of carbonyl (C=O) groups is 2. The van der Waals surface area contributed by atoms with Gasteiger partial charge < -0.3 is 9.47 Å². The molecule has 4 heteroatoms. The smallest absolute Gasteiger partial charge is 0.309 e. The van der Waals surface area contributed by atoms with E-state index >= 15 is 0 Å². The molecule has 36 heavy (non-hydrogen) atoms. The zero-order valence-corrected chi connectivity index (χ0v) is 23.4.